The van der Waals surface area contributed by atoms with Gasteiger partial charge < -0.3 is 0 Å². The summed E-state index contributed by atoms with van der Waals surface area (Å²) in [4.78, 5) is 0. The molecule has 0 aliphatic carbocycles. The Morgan fingerprint density at radius 1 is 0.217 bits per heavy atom. The van der Waals surface area contributed by atoms with Crippen molar-refractivity contribution in [2.45, 2.75) is 0 Å². The summed E-state index contributed by atoms with van der Waals surface area (Å²) in [6, 6.07) is 58.9. The minimum atomic E-state index is 1.24. The van der Waals surface area contributed by atoms with Gasteiger partial charge in [0, 0.05) is 0 Å². The molecule has 0 aliphatic heterocycles. The highest BCUT2D eigenvalue weighted by Gasteiger charge is 2.18. The predicted molar refractivity (Wildman–Crippen MR) is 200 cm³/mol. The second-order valence-electron chi connectivity index (χ2n) is 12.8. The largest absolute Gasteiger partial charge is 0.0622 e. The predicted octanol–water partition coefficient (Wildman–Crippen LogP) is 13.1. The van der Waals surface area contributed by atoms with Crippen LogP contribution >= 0.6 is 0 Å². The first-order chi connectivity index (χ1) is 22.8. The minimum absolute atomic E-state index is 1.24. The van der Waals surface area contributed by atoms with Crippen LogP contribution in [0.2, 0.25) is 0 Å². The first-order valence-corrected chi connectivity index (χ1v) is 16.1. The molecule has 0 heterocycles. The van der Waals surface area contributed by atoms with E-state index >= 15 is 0 Å². The normalized spacial score (nSPS) is 12.3. The molecule has 0 amide bonds. The van der Waals surface area contributed by atoms with Crippen LogP contribution in [0.25, 0.3) is 108 Å². The molecule has 0 N–H and O–H groups in total. The number of hydrogen-bond acceptors (Lipinski definition) is 0. The molecule has 11 rings (SSSR count). The standard InChI is InChI=1S/C46H26/c1-2-9-27(10-3-1)31-13-4-5-14-32(31)29-19-22-34-40(23-29)38-18-8-17-35-33-21-20-30-24-41-36-15-6-11-28-12-7-16-37(45(28)36)43(41)25-39(30)42(33)26-44(34)46(35)38/h1-26H. The van der Waals surface area contributed by atoms with Crippen LogP contribution in [-0.4, -0.2) is 0 Å². The van der Waals surface area contributed by atoms with Crippen LogP contribution in [0.1, 0.15) is 0 Å². The zero-order valence-corrected chi connectivity index (χ0v) is 25.0. The average molecular weight is 579 g/mol. The van der Waals surface area contributed by atoms with Crippen molar-refractivity contribution in [2.75, 3.05) is 0 Å². The summed E-state index contributed by atoms with van der Waals surface area (Å²) in [5, 5.41) is 21.4. The smallest absolute Gasteiger partial charge is 0.00199 e. The summed E-state index contributed by atoms with van der Waals surface area (Å²) in [5.74, 6) is 0. The van der Waals surface area contributed by atoms with Gasteiger partial charge in [0.15, 0.2) is 0 Å². The molecule has 210 valence electrons. The Hall–Kier alpha value is -5.98. The molecular formula is C46H26. The number of hydrogen-bond donors (Lipinski definition) is 0. The molecule has 11 aromatic rings. The molecule has 0 aromatic heterocycles. The lowest BCUT2D eigenvalue weighted by atomic mass is 9.93. The van der Waals surface area contributed by atoms with Gasteiger partial charge in [0.05, 0.1) is 0 Å². The van der Waals surface area contributed by atoms with Crippen molar-refractivity contribution in [2.24, 2.45) is 0 Å². The van der Waals surface area contributed by atoms with Crippen molar-refractivity contribution in [1.29, 1.82) is 0 Å². The average Bonchev–Trinajstić information content (AvgIpc) is 3.61. The van der Waals surface area contributed by atoms with Gasteiger partial charge in [-0.05, 0) is 133 Å². The van der Waals surface area contributed by atoms with Crippen molar-refractivity contribution in [3.05, 3.63) is 158 Å². The van der Waals surface area contributed by atoms with Crippen LogP contribution < -0.4 is 0 Å². The highest BCUT2D eigenvalue weighted by Crippen LogP contribution is 2.46. The molecule has 0 radical (unpaired) electrons. The fourth-order valence-corrected chi connectivity index (χ4v) is 8.52. The van der Waals surface area contributed by atoms with Crippen molar-refractivity contribution < 1.29 is 0 Å². The van der Waals surface area contributed by atoms with Crippen molar-refractivity contribution in [3.8, 4) is 22.3 Å². The molecule has 0 nitrogen and oxygen atoms in total. The Kier molecular flexibility index (Phi) is 4.66. The lowest BCUT2D eigenvalue weighted by molar-refractivity contribution is 1.60. The van der Waals surface area contributed by atoms with E-state index in [4.69, 9.17) is 0 Å². The van der Waals surface area contributed by atoms with Crippen LogP contribution in [-0.2, 0) is 0 Å². The van der Waals surface area contributed by atoms with Gasteiger partial charge >= 0.3 is 0 Å². The molecule has 0 aliphatic rings. The van der Waals surface area contributed by atoms with Gasteiger partial charge in [0.2, 0.25) is 0 Å². The summed E-state index contributed by atoms with van der Waals surface area (Å²) in [7, 11) is 0. The van der Waals surface area contributed by atoms with E-state index in [0.29, 0.717) is 0 Å². The van der Waals surface area contributed by atoms with Gasteiger partial charge in [-0.25, -0.2) is 0 Å². The monoisotopic (exact) mass is 578 g/mol. The van der Waals surface area contributed by atoms with Gasteiger partial charge in [0.1, 0.15) is 0 Å². The molecule has 0 saturated heterocycles. The van der Waals surface area contributed by atoms with Crippen molar-refractivity contribution in [1.82, 2.24) is 0 Å². The molecule has 0 spiro atoms. The summed E-state index contributed by atoms with van der Waals surface area (Å²) < 4.78 is 0. The van der Waals surface area contributed by atoms with Gasteiger partial charge in [-0.1, -0.05) is 133 Å². The zero-order chi connectivity index (χ0) is 29.9. The molecule has 0 atom stereocenters. The fourth-order valence-electron chi connectivity index (χ4n) is 8.52. The SMILES string of the molecule is c1ccc(-c2ccccc2-c2ccc3c(c2)c2cccc4c5ccc6cc7c(cc6c5cc3c42)c2cccc3cccc7c32)cc1. The highest BCUT2D eigenvalue weighted by molar-refractivity contribution is 6.38. The summed E-state index contributed by atoms with van der Waals surface area (Å²) >= 11 is 0. The van der Waals surface area contributed by atoms with Crippen LogP contribution in [0.4, 0.5) is 0 Å². The minimum Gasteiger partial charge on any atom is -0.0622 e. The Morgan fingerprint density at radius 3 is 1.54 bits per heavy atom. The molecule has 46 heavy (non-hydrogen) atoms. The van der Waals surface area contributed by atoms with E-state index in [2.05, 4.69) is 158 Å². The Balaban J connectivity index is 1.22. The van der Waals surface area contributed by atoms with Gasteiger partial charge in [0.25, 0.3) is 0 Å². The van der Waals surface area contributed by atoms with E-state index in [9.17, 15) is 0 Å². The fraction of sp³-hybridized carbons (Fsp3) is 0. The zero-order valence-electron chi connectivity index (χ0n) is 25.0. The lowest BCUT2D eigenvalue weighted by Crippen LogP contribution is -1.84. The van der Waals surface area contributed by atoms with E-state index in [1.807, 2.05) is 0 Å². The maximum atomic E-state index is 2.47. The molecule has 0 saturated carbocycles. The molecule has 11 aromatic carbocycles. The third kappa shape index (κ3) is 3.13. The van der Waals surface area contributed by atoms with Crippen molar-refractivity contribution >= 4 is 86.2 Å². The maximum Gasteiger partial charge on any atom is -0.00199 e. The third-order valence-corrected chi connectivity index (χ3v) is 10.5. The topological polar surface area (TPSA) is 0 Å². The lowest BCUT2D eigenvalue weighted by Gasteiger charge is -2.10. The van der Waals surface area contributed by atoms with E-state index in [-0.39, 0.29) is 0 Å². The summed E-state index contributed by atoms with van der Waals surface area (Å²) in [6.45, 7) is 0. The van der Waals surface area contributed by atoms with E-state index < -0.39 is 0 Å². The summed E-state index contributed by atoms with van der Waals surface area (Å²) in [5.41, 5.74) is 5.02. The maximum absolute atomic E-state index is 2.47. The Bertz CT molecular complexity index is 3000. The first kappa shape index (κ1) is 24.4. The van der Waals surface area contributed by atoms with Crippen molar-refractivity contribution in [3.63, 3.8) is 0 Å². The Labute approximate surface area is 265 Å². The van der Waals surface area contributed by atoms with E-state index in [1.54, 1.807) is 0 Å². The number of rotatable bonds is 2. The summed E-state index contributed by atoms with van der Waals surface area (Å²) in [6.07, 6.45) is 0. The van der Waals surface area contributed by atoms with Crippen LogP contribution in [0, 0.1) is 0 Å². The van der Waals surface area contributed by atoms with E-state index in [1.165, 1.54) is 108 Å². The molecule has 0 bridgehead atoms. The first-order valence-electron chi connectivity index (χ1n) is 16.1. The quantitative estimate of drug-likeness (QED) is 0.179. The second-order valence-corrected chi connectivity index (χ2v) is 12.8. The molecule has 0 fully saturated rings. The molecular weight excluding hydrogens is 553 g/mol. The highest BCUT2D eigenvalue weighted by atomic mass is 14.2. The van der Waals surface area contributed by atoms with Crippen LogP contribution in [0.15, 0.2) is 158 Å². The van der Waals surface area contributed by atoms with Crippen LogP contribution in [0.3, 0.4) is 0 Å². The second kappa shape index (κ2) is 8.81. The van der Waals surface area contributed by atoms with E-state index in [0.717, 1.165) is 0 Å². The number of benzene rings is 9. The van der Waals surface area contributed by atoms with Gasteiger partial charge in [-0.3, -0.25) is 0 Å². The number of fused-ring (bicyclic) bond motifs is 10. The van der Waals surface area contributed by atoms with Gasteiger partial charge in [-0.15, -0.1) is 0 Å². The Morgan fingerprint density at radius 2 is 0.761 bits per heavy atom. The third-order valence-electron chi connectivity index (χ3n) is 10.5. The van der Waals surface area contributed by atoms with Gasteiger partial charge in [-0.2, -0.15) is 0 Å². The van der Waals surface area contributed by atoms with Crippen LogP contribution in [0.5, 0.6) is 0 Å². The molecule has 0 unspecified atom stereocenters. The molecule has 0 heteroatoms.